The fourth-order valence-corrected chi connectivity index (χ4v) is 3.67. The average Bonchev–Trinajstić information content (AvgIpc) is 2.99. The van der Waals surface area contributed by atoms with Crippen LogP contribution in [0.2, 0.25) is 5.02 Å². The number of hydrogen-bond acceptors (Lipinski definition) is 6. The fourth-order valence-electron chi connectivity index (χ4n) is 3.49. The first kappa shape index (κ1) is 21.7. The van der Waals surface area contributed by atoms with Crippen LogP contribution < -0.4 is 5.56 Å². The van der Waals surface area contributed by atoms with Gasteiger partial charge in [-0.1, -0.05) is 17.7 Å². The lowest BCUT2D eigenvalue weighted by molar-refractivity contribution is -0.384. The Morgan fingerprint density at radius 3 is 2.44 bits per heavy atom. The lowest BCUT2D eigenvalue weighted by Gasteiger charge is -2.15. The van der Waals surface area contributed by atoms with Gasteiger partial charge in [-0.3, -0.25) is 24.3 Å². The molecule has 0 saturated carbocycles. The third-order valence-electron chi connectivity index (χ3n) is 5.25. The summed E-state index contributed by atoms with van der Waals surface area (Å²) in [7, 11) is 1.63. The van der Waals surface area contributed by atoms with Crippen molar-refractivity contribution in [2.24, 2.45) is 7.05 Å². The average molecular weight is 454 g/mol. The Kier molecular flexibility index (Phi) is 5.31. The molecule has 10 heteroatoms. The highest BCUT2D eigenvalue weighted by Gasteiger charge is 2.20. The van der Waals surface area contributed by atoms with E-state index in [1.165, 1.54) is 22.9 Å². The summed E-state index contributed by atoms with van der Waals surface area (Å²) < 4.78 is 3.18. The van der Waals surface area contributed by atoms with Gasteiger partial charge in [0.2, 0.25) is 0 Å². The van der Waals surface area contributed by atoms with Crippen molar-refractivity contribution in [2.75, 3.05) is 0 Å². The Hall–Kier alpha value is -3.56. The van der Waals surface area contributed by atoms with E-state index in [1.807, 2.05) is 6.07 Å². The van der Waals surface area contributed by atoms with Crippen LogP contribution in [0.4, 0.5) is 5.69 Å². The number of rotatable bonds is 5. The standard InChI is InChI=1S/C22H20ClN5O4/c1-22(2,30)21-24-10-15(11-25-21)13-4-6-17-19(9-13)27(26(3)20(17)29)12-14-8-16(28(31)32)5-7-18(14)23/h4-11,30H,12H2,1-3H3. The van der Waals surface area contributed by atoms with Crippen LogP contribution in [0.1, 0.15) is 25.2 Å². The summed E-state index contributed by atoms with van der Waals surface area (Å²) in [6, 6.07) is 9.59. The van der Waals surface area contributed by atoms with E-state index in [1.54, 1.807) is 50.1 Å². The summed E-state index contributed by atoms with van der Waals surface area (Å²) >= 11 is 6.28. The van der Waals surface area contributed by atoms with Crippen molar-refractivity contribution in [3.05, 3.63) is 85.7 Å². The van der Waals surface area contributed by atoms with Crippen LogP contribution >= 0.6 is 11.6 Å². The third-order valence-corrected chi connectivity index (χ3v) is 5.62. The number of benzene rings is 2. The number of aromatic nitrogens is 4. The van der Waals surface area contributed by atoms with Crippen molar-refractivity contribution >= 4 is 28.2 Å². The molecule has 164 valence electrons. The Morgan fingerprint density at radius 2 is 1.81 bits per heavy atom. The molecule has 4 rings (SSSR count). The van der Waals surface area contributed by atoms with Crippen LogP contribution in [0.5, 0.6) is 0 Å². The molecule has 0 atom stereocenters. The molecule has 0 unspecified atom stereocenters. The number of hydrogen-bond donors (Lipinski definition) is 1. The maximum Gasteiger partial charge on any atom is 0.274 e. The van der Waals surface area contributed by atoms with Gasteiger partial charge in [-0.05, 0) is 43.2 Å². The van der Waals surface area contributed by atoms with Crippen molar-refractivity contribution in [2.45, 2.75) is 26.0 Å². The molecule has 0 fully saturated rings. The number of nitro groups is 1. The van der Waals surface area contributed by atoms with E-state index in [0.29, 0.717) is 27.3 Å². The van der Waals surface area contributed by atoms with Gasteiger partial charge in [0.15, 0.2) is 5.82 Å². The normalized spacial score (nSPS) is 11.8. The number of nitro benzene ring substituents is 1. The largest absolute Gasteiger partial charge is 0.382 e. The molecule has 0 bridgehead atoms. The van der Waals surface area contributed by atoms with Gasteiger partial charge in [0.1, 0.15) is 5.60 Å². The second kappa shape index (κ2) is 7.85. The molecule has 2 aromatic heterocycles. The summed E-state index contributed by atoms with van der Waals surface area (Å²) in [5.41, 5.74) is 1.25. The molecule has 0 aliphatic carbocycles. The highest BCUT2D eigenvalue weighted by molar-refractivity contribution is 6.31. The first-order valence-corrected chi connectivity index (χ1v) is 10.1. The molecule has 0 amide bonds. The SMILES string of the molecule is Cn1c(=O)c2ccc(-c3cnc(C(C)(C)O)nc3)cc2n1Cc1cc([N+](=O)[O-])ccc1Cl. The quantitative estimate of drug-likeness (QED) is 0.364. The van der Waals surface area contributed by atoms with Gasteiger partial charge in [0, 0.05) is 42.2 Å². The minimum absolute atomic E-state index is 0.0735. The maximum atomic E-state index is 12.8. The number of aliphatic hydroxyl groups is 1. The molecular formula is C22H20ClN5O4. The van der Waals surface area contributed by atoms with Gasteiger partial charge >= 0.3 is 0 Å². The monoisotopic (exact) mass is 453 g/mol. The number of nitrogens with zero attached hydrogens (tertiary/aromatic N) is 5. The summed E-state index contributed by atoms with van der Waals surface area (Å²) in [6.45, 7) is 3.39. The van der Waals surface area contributed by atoms with Crippen LogP contribution in [0.25, 0.3) is 22.0 Å². The second-order valence-corrected chi connectivity index (χ2v) is 8.41. The fraction of sp³-hybridized carbons (Fsp3) is 0.227. The predicted octanol–water partition coefficient (Wildman–Crippen LogP) is 3.63. The first-order chi connectivity index (χ1) is 15.1. The molecule has 0 saturated heterocycles. The molecule has 2 aromatic carbocycles. The van der Waals surface area contributed by atoms with Gasteiger partial charge in [0.25, 0.3) is 11.2 Å². The van der Waals surface area contributed by atoms with Crippen molar-refractivity contribution in [3.63, 3.8) is 0 Å². The molecule has 4 aromatic rings. The van der Waals surface area contributed by atoms with Gasteiger partial charge in [-0.25, -0.2) is 9.97 Å². The van der Waals surface area contributed by atoms with Gasteiger partial charge in [-0.2, -0.15) is 0 Å². The summed E-state index contributed by atoms with van der Waals surface area (Å²) in [5, 5.41) is 22.1. The highest BCUT2D eigenvalue weighted by atomic mass is 35.5. The minimum atomic E-state index is -1.15. The van der Waals surface area contributed by atoms with E-state index in [0.717, 1.165) is 11.1 Å². The van der Waals surface area contributed by atoms with Crippen molar-refractivity contribution < 1.29 is 10.0 Å². The van der Waals surface area contributed by atoms with Crippen LogP contribution in [-0.2, 0) is 19.2 Å². The van der Waals surface area contributed by atoms with Gasteiger partial charge < -0.3 is 5.11 Å². The Bertz CT molecular complexity index is 1400. The smallest absolute Gasteiger partial charge is 0.274 e. The zero-order valence-corrected chi connectivity index (χ0v) is 18.4. The molecule has 1 N–H and O–H groups in total. The zero-order valence-electron chi connectivity index (χ0n) is 17.6. The Balaban J connectivity index is 1.81. The number of non-ortho nitro benzene ring substituents is 1. The van der Waals surface area contributed by atoms with E-state index in [-0.39, 0.29) is 17.8 Å². The minimum Gasteiger partial charge on any atom is -0.382 e. The summed E-state index contributed by atoms with van der Waals surface area (Å²) in [4.78, 5) is 31.9. The number of halogens is 1. The van der Waals surface area contributed by atoms with E-state index < -0.39 is 10.5 Å². The molecule has 2 heterocycles. The zero-order chi connectivity index (χ0) is 23.2. The molecule has 0 aliphatic heterocycles. The van der Waals surface area contributed by atoms with Crippen molar-refractivity contribution in [3.8, 4) is 11.1 Å². The van der Waals surface area contributed by atoms with Crippen molar-refractivity contribution in [1.29, 1.82) is 0 Å². The maximum absolute atomic E-state index is 12.8. The third kappa shape index (κ3) is 3.88. The van der Waals surface area contributed by atoms with E-state index in [4.69, 9.17) is 11.6 Å². The lowest BCUT2D eigenvalue weighted by atomic mass is 10.1. The predicted molar refractivity (Wildman–Crippen MR) is 121 cm³/mol. The molecule has 0 aliphatic rings. The summed E-state index contributed by atoms with van der Waals surface area (Å²) in [5.74, 6) is 0.305. The van der Waals surface area contributed by atoms with Crippen LogP contribution in [-0.4, -0.2) is 29.4 Å². The Morgan fingerprint density at radius 1 is 1.12 bits per heavy atom. The van der Waals surface area contributed by atoms with E-state index in [2.05, 4.69) is 9.97 Å². The van der Waals surface area contributed by atoms with E-state index >= 15 is 0 Å². The van der Waals surface area contributed by atoms with E-state index in [9.17, 15) is 20.0 Å². The van der Waals surface area contributed by atoms with Crippen LogP contribution in [0, 0.1) is 10.1 Å². The van der Waals surface area contributed by atoms with Crippen molar-refractivity contribution in [1.82, 2.24) is 19.3 Å². The lowest BCUT2D eigenvalue weighted by Crippen LogP contribution is -2.19. The molecule has 32 heavy (non-hydrogen) atoms. The molecule has 0 radical (unpaired) electrons. The van der Waals surface area contributed by atoms with Crippen LogP contribution in [0.3, 0.4) is 0 Å². The second-order valence-electron chi connectivity index (χ2n) is 8.01. The molecule has 9 nitrogen and oxygen atoms in total. The van der Waals surface area contributed by atoms with Gasteiger partial charge in [-0.15, -0.1) is 0 Å². The number of fused-ring (bicyclic) bond motifs is 1. The topological polar surface area (TPSA) is 116 Å². The Labute approximate surface area is 187 Å². The first-order valence-electron chi connectivity index (χ1n) is 9.74. The molecular weight excluding hydrogens is 434 g/mol. The van der Waals surface area contributed by atoms with Crippen LogP contribution in [0.15, 0.2) is 53.6 Å². The highest BCUT2D eigenvalue weighted by Crippen LogP contribution is 2.27. The molecule has 0 spiro atoms. The van der Waals surface area contributed by atoms with Gasteiger partial charge in [0.05, 0.1) is 22.4 Å². The summed E-state index contributed by atoms with van der Waals surface area (Å²) in [6.07, 6.45) is 3.23.